The third-order valence-corrected chi connectivity index (χ3v) is 2.40. The number of ether oxygens (including phenoxy) is 3. The lowest BCUT2D eigenvalue weighted by atomic mass is 10.2. The number of benzene rings is 1. The van der Waals surface area contributed by atoms with Crippen LogP contribution in [0.25, 0.3) is 0 Å². The molecule has 1 N–H and O–H groups in total. The molecule has 22 heavy (non-hydrogen) atoms. The van der Waals surface area contributed by atoms with Crippen LogP contribution in [0.3, 0.4) is 0 Å². The van der Waals surface area contributed by atoms with Crippen molar-refractivity contribution in [3.05, 3.63) is 42.2 Å². The number of carbonyl (C=O) groups is 2. The summed E-state index contributed by atoms with van der Waals surface area (Å²) in [4.78, 5) is 26.1. The van der Waals surface area contributed by atoms with E-state index in [-0.39, 0.29) is 19.9 Å². The zero-order valence-electron chi connectivity index (χ0n) is 12.4. The van der Waals surface area contributed by atoms with E-state index in [1.807, 2.05) is 0 Å². The molecule has 0 atom stereocenters. The van der Waals surface area contributed by atoms with E-state index in [0.717, 1.165) is 0 Å². The van der Waals surface area contributed by atoms with Gasteiger partial charge in [0.2, 0.25) is 0 Å². The highest BCUT2D eigenvalue weighted by Gasteiger charge is 2.06. The molecule has 1 aromatic carbocycles. The summed E-state index contributed by atoms with van der Waals surface area (Å²) < 4.78 is 15.3. The molecule has 0 aliphatic heterocycles. The first-order chi connectivity index (χ1) is 10.6. The maximum atomic E-state index is 11.7. The van der Waals surface area contributed by atoms with Gasteiger partial charge in [-0.1, -0.05) is 6.58 Å². The van der Waals surface area contributed by atoms with E-state index in [1.54, 1.807) is 31.2 Å². The van der Waals surface area contributed by atoms with Crippen molar-refractivity contribution in [2.45, 2.75) is 13.3 Å². The maximum absolute atomic E-state index is 11.7. The molecule has 0 aliphatic carbocycles. The molecular formula is C15H19NO6. The predicted octanol–water partition coefficient (Wildman–Crippen LogP) is 2.26. The fourth-order valence-corrected chi connectivity index (χ4v) is 1.38. The second kappa shape index (κ2) is 10.2. The Morgan fingerprint density at radius 3 is 2.59 bits per heavy atom. The quantitative estimate of drug-likeness (QED) is 0.168. The van der Waals surface area contributed by atoms with Gasteiger partial charge in [0.15, 0.2) is 6.79 Å². The molecule has 0 saturated carbocycles. The minimum Gasteiger partial charge on any atom is -0.473 e. The van der Waals surface area contributed by atoms with Crippen molar-refractivity contribution in [2.24, 2.45) is 0 Å². The van der Waals surface area contributed by atoms with Crippen LogP contribution < -0.4 is 5.48 Å². The standard InChI is InChI=1S/C15H19NO6/c1-12(2)21-11-19-8-3-9-20-15(18)13-4-6-14(7-5-13)16-22-10-17/h4-7,10,16H,1,3,8-9,11H2,2H3. The van der Waals surface area contributed by atoms with Gasteiger partial charge in [-0.3, -0.25) is 4.79 Å². The number of nitrogens with one attached hydrogen (secondary N) is 1. The van der Waals surface area contributed by atoms with Crippen molar-refractivity contribution < 1.29 is 28.6 Å². The summed E-state index contributed by atoms with van der Waals surface area (Å²) in [6, 6.07) is 6.32. The average molecular weight is 309 g/mol. The van der Waals surface area contributed by atoms with Crippen LogP contribution in [0.4, 0.5) is 5.69 Å². The summed E-state index contributed by atoms with van der Waals surface area (Å²) in [5.41, 5.74) is 3.34. The molecule has 7 nitrogen and oxygen atoms in total. The average Bonchev–Trinajstić information content (AvgIpc) is 2.52. The Kier molecular flexibility index (Phi) is 8.14. The lowest BCUT2D eigenvalue weighted by Crippen LogP contribution is -2.09. The van der Waals surface area contributed by atoms with Crippen LogP contribution >= 0.6 is 0 Å². The highest BCUT2D eigenvalue weighted by atomic mass is 16.7. The Labute approximate surface area is 128 Å². The van der Waals surface area contributed by atoms with Crippen LogP contribution in [0.15, 0.2) is 36.6 Å². The van der Waals surface area contributed by atoms with E-state index in [9.17, 15) is 9.59 Å². The summed E-state index contributed by atoms with van der Waals surface area (Å²) in [5.74, 6) is 0.156. The van der Waals surface area contributed by atoms with Gasteiger partial charge in [0.25, 0.3) is 0 Å². The maximum Gasteiger partial charge on any atom is 0.338 e. The van der Waals surface area contributed by atoms with Gasteiger partial charge >= 0.3 is 12.4 Å². The minimum atomic E-state index is -0.430. The second-order valence-electron chi connectivity index (χ2n) is 4.26. The van der Waals surface area contributed by atoms with Crippen molar-refractivity contribution in [1.29, 1.82) is 0 Å². The van der Waals surface area contributed by atoms with Gasteiger partial charge in [0.05, 0.1) is 30.2 Å². The van der Waals surface area contributed by atoms with Crippen molar-refractivity contribution in [3.63, 3.8) is 0 Å². The molecule has 0 heterocycles. The zero-order chi connectivity index (χ0) is 16.2. The van der Waals surface area contributed by atoms with Gasteiger partial charge in [0, 0.05) is 6.42 Å². The highest BCUT2D eigenvalue weighted by Crippen LogP contribution is 2.10. The lowest BCUT2D eigenvalue weighted by Gasteiger charge is -2.08. The zero-order valence-corrected chi connectivity index (χ0v) is 12.4. The Hall–Kier alpha value is -2.54. The fraction of sp³-hybridized carbons (Fsp3) is 0.333. The number of hydrogen-bond donors (Lipinski definition) is 1. The summed E-state index contributed by atoms with van der Waals surface area (Å²) >= 11 is 0. The molecule has 0 radical (unpaired) electrons. The highest BCUT2D eigenvalue weighted by molar-refractivity contribution is 5.89. The first-order valence-electron chi connectivity index (χ1n) is 6.62. The third kappa shape index (κ3) is 7.30. The predicted molar refractivity (Wildman–Crippen MR) is 78.8 cm³/mol. The molecule has 0 spiro atoms. The Bertz CT molecular complexity index is 485. The normalized spacial score (nSPS) is 9.68. The fourth-order valence-electron chi connectivity index (χ4n) is 1.38. The van der Waals surface area contributed by atoms with Crippen molar-refractivity contribution in [3.8, 4) is 0 Å². The molecule has 0 unspecified atom stereocenters. The third-order valence-electron chi connectivity index (χ3n) is 2.40. The Morgan fingerprint density at radius 2 is 1.95 bits per heavy atom. The molecule has 7 heteroatoms. The number of rotatable bonds is 11. The second-order valence-corrected chi connectivity index (χ2v) is 4.26. The molecule has 0 saturated heterocycles. The van der Waals surface area contributed by atoms with E-state index >= 15 is 0 Å². The number of hydrogen-bond acceptors (Lipinski definition) is 7. The van der Waals surface area contributed by atoms with Gasteiger partial charge in [-0.2, -0.15) is 0 Å². The Balaban J connectivity index is 2.19. The van der Waals surface area contributed by atoms with Gasteiger partial charge in [-0.05, 0) is 31.2 Å². The number of allylic oxidation sites excluding steroid dienone is 1. The van der Waals surface area contributed by atoms with Gasteiger partial charge in [-0.25, -0.2) is 10.3 Å². The summed E-state index contributed by atoms with van der Waals surface area (Å²) in [5, 5.41) is 0. The molecule has 0 bridgehead atoms. The van der Waals surface area contributed by atoms with E-state index in [0.29, 0.717) is 30.0 Å². The summed E-state index contributed by atoms with van der Waals surface area (Å²) in [6.07, 6.45) is 0.568. The first kappa shape index (κ1) is 17.5. The molecule has 0 fully saturated rings. The van der Waals surface area contributed by atoms with E-state index in [1.165, 1.54) is 0 Å². The van der Waals surface area contributed by atoms with Crippen LogP contribution in [0, 0.1) is 0 Å². The van der Waals surface area contributed by atoms with Crippen LogP contribution in [0.5, 0.6) is 0 Å². The van der Waals surface area contributed by atoms with Crippen LogP contribution in [0.2, 0.25) is 0 Å². The van der Waals surface area contributed by atoms with Gasteiger partial charge in [0.1, 0.15) is 0 Å². The topological polar surface area (TPSA) is 83.1 Å². The van der Waals surface area contributed by atoms with Gasteiger partial charge < -0.3 is 19.0 Å². The van der Waals surface area contributed by atoms with Crippen molar-refractivity contribution in [2.75, 3.05) is 25.5 Å². The lowest BCUT2D eigenvalue weighted by molar-refractivity contribution is -0.126. The molecule has 0 aliphatic rings. The molecule has 1 aromatic rings. The number of esters is 1. The molecule has 0 amide bonds. The van der Waals surface area contributed by atoms with E-state index in [4.69, 9.17) is 14.2 Å². The van der Waals surface area contributed by atoms with Crippen molar-refractivity contribution >= 4 is 18.1 Å². The van der Waals surface area contributed by atoms with Crippen LogP contribution in [-0.4, -0.2) is 32.4 Å². The SMILES string of the molecule is C=C(C)OCOCCCOC(=O)c1ccc(NOC=O)cc1. The molecule has 120 valence electrons. The number of anilines is 1. The van der Waals surface area contributed by atoms with E-state index < -0.39 is 5.97 Å². The molecule has 1 rings (SSSR count). The molecular weight excluding hydrogens is 290 g/mol. The summed E-state index contributed by atoms with van der Waals surface area (Å²) in [6.45, 7) is 6.38. The largest absolute Gasteiger partial charge is 0.473 e. The Morgan fingerprint density at radius 1 is 1.23 bits per heavy atom. The van der Waals surface area contributed by atoms with Crippen LogP contribution in [-0.2, 0) is 23.8 Å². The van der Waals surface area contributed by atoms with Crippen LogP contribution in [0.1, 0.15) is 23.7 Å². The summed E-state index contributed by atoms with van der Waals surface area (Å²) in [7, 11) is 0. The minimum absolute atomic E-state index is 0.139. The first-order valence-corrected chi connectivity index (χ1v) is 6.62. The smallest absolute Gasteiger partial charge is 0.338 e. The molecule has 0 aromatic heterocycles. The number of carbonyl (C=O) groups excluding carboxylic acids is 2. The van der Waals surface area contributed by atoms with E-state index in [2.05, 4.69) is 16.9 Å². The van der Waals surface area contributed by atoms with Crippen molar-refractivity contribution in [1.82, 2.24) is 0 Å². The van der Waals surface area contributed by atoms with Gasteiger partial charge in [-0.15, -0.1) is 0 Å². The monoisotopic (exact) mass is 309 g/mol.